The van der Waals surface area contributed by atoms with Crippen molar-refractivity contribution in [3.63, 3.8) is 0 Å². The van der Waals surface area contributed by atoms with Gasteiger partial charge < -0.3 is 24.1 Å². The minimum Gasteiger partial charge on any atom is -0.481 e. The molecule has 0 aromatic carbocycles. The summed E-state index contributed by atoms with van der Waals surface area (Å²) < 4.78 is 68.8. The van der Waals surface area contributed by atoms with Crippen LogP contribution in [-0.4, -0.2) is 114 Å². The van der Waals surface area contributed by atoms with Crippen LogP contribution in [0.2, 0.25) is 0 Å². The number of halogens is 1. The number of carboxylic acids is 1. The Morgan fingerprint density at radius 3 is 0.862 bits per heavy atom. The summed E-state index contributed by atoms with van der Waals surface area (Å²) in [6.45, 7) is 58.5. The standard InChI is InChI=1S/C7H18N.C6H12O2.C6H14.C5H13NO2S.C5H13O3P.C5H12O3S.C5H12O.C5H12.C4H9Br/c1-7(2,3)8(4,5)6;1-6(2,3)4-5(7)8;1-5-6(2,3)4;1-5(2,3)6-9(4,7)8;2*1-5(2,3)4-9(6,7)8;1-5(2,3)6-4;1-5(2,3)4;1-4(2,3)5/h1-6H3;4H2,1-3H3,(H,7,8);5H2,1-4H3;6H,1-4H3;4H2,1-3H3,(H2,6,7,8);4H2,1-3H3,(H,6,7,8);1-4H3;1-4H3;1-3H3/q+1;;;;;;;;. The third-order valence-corrected chi connectivity index (χ3v) is 9.73. The molecule has 0 aromatic rings. The van der Waals surface area contributed by atoms with Crippen molar-refractivity contribution in [1.29, 1.82) is 0 Å². The number of sulfonamides is 1. The second-order valence-electron chi connectivity index (χ2n) is 27.4. The van der Waals surface area contributed by atoms with Gasteiger partial charge in [0.15, 0.2) is 0 Å². The second kappa shape index (κ2) is 33.4. The van der Waals surface area contributed by atoms with Crippen LogP contribution in [0.5, 0.6) is 0 Å². The fraction of sp³-hybridized carbons (Fsp3) is 0.979. The van der Waals surface area contributed by atoms with E-state index >= 15 is 0 Å². The van der Waals surface area contributed by atoms with Gasteiger partial charge in [0.25, 0.3) is 10.1 Å². The Morgan fingerprint density at radius 2 is 0.862 bits per heavy atom. The van der Waals surface area contributed by atoms with Gasteiger partial charge in [0.05, 0.1) is 56.9 Å². The van der Waals surface area contributed by atoms with Crippen LogP contribution in [0.25, 0.3) is 0 Å². The van der Waals surface area contributed by atoms with Crippen molar-refractivity contribution in [1.82, 2.24) is 4.72 Å². The van der Waals surface area contributed by atoms with Crippen molar-refractivity contribution in [2.75, 3.05) is 46.4 Å². The van der Waals surface area contributed by atoms with Crippen molar-refractivity contribution in [3.05, 3.63) is 0 Å². The highest BCUT2D eigenvalue weighted by Crippen LogP contribution is 2.41. The van der Waals surface area contributed by atoms with Gasteiger partial charge >= 0.3 is 13.6 Å². The van der Waals surface area contributed by atoms with Gasteiger partial charge in [0.1, 0.15) is 0 Å². The zero-order valence-electron chi connectivity index (χ0n) is 49.1. The third-order valence-electron chi connectivity index (χ3n) is 6.15. The lowest BCUT2D eigenvalue weighted by Crippen LogP contribution is -2.50. The average molecular weight is 1070 g/mol. The molecule has 0 spiro atoms. The Balaban J connectivity index is -0.0000000782. The van der Waals surface area contributed by atoms with E-state index in [9.17, 15) is 26.2 Å². The van der Waals surface area contributed by atoms with Gasteiger partial charge in [0, 0.05) is 17.0 Å². The van der Waals surface area contributed by atoms with Gasteiger partial charge in [-0.2, -0.15) is 8.42 Å². The maximum Gasteiger partial charge on any atom is 0.326 e. The first-order chi connectivity index (χ1) is 26.9. The van der Waals surface area contributed by atoms with Crippen molar-refractivity contribution in [2.45, 2.75) is 235 Å². The van der Waals surface area contributed by atoms with Crippen molar-refractivity contribution in [3.8, 4) is 0 Å². The largest absolute Gasteiger partial charge is 0.481 e. The lowest BCUT2D eigenvalue weighted by molar-refractivity contribution is -0.917. The zero-order chi connectivity index (χ0) is 56.3. The predicted octanol–water partition coefficient (Wildman–Crippen LogP) is 13.6. The predicted molar refractivity (Wildman–Crippen MR) is 290 cm³/mol. The highest BCUT2D eigenvalue weighted by Gasteiger charge is 2.26. The third kappa shape index (κ3) is 171. The molecule has 0 fully saturated rings. The molecule has 5 N–H and O–H groups in total. The first-order valence-electron chi connectivity index (χ1n) is 22.2. The van der Waals surface area contributed by atoms with E-state index in [-0.39, 0.29) is 45.7 Å². The van der Waals surface area contributed by atoms with Crippen LogP contribution in [0.4, 0.5) is 0 Å². The number of alkyl halides is 1. The van der Waals surface area contributed by atoms with E-state index in [0.717, 1.165) is 10.7 Å². The van der Waals surface area contributed by atoms with E-state index in [4.69, 9.17) is 24.2 Å². The Kier molecular flexibility index (Phi) is 43.6. The van der Waals surface area contributed by atoms with Crippen LogP contribution >= 0.6 is 23.5 Å². The fourth-order valence-corrected chi connectivity index (χ4v) is 5.62. The molecular formula is C48H115BrN2O11PS2+. The molecule has 0 aromatic heterocycles. The average Bonchev–Trinajstić information content (AvgIpc) is 2.78. The van der Waals surface area contributed by atoms with E-state index in [2.05, 4.69) is 139 Å². The molecule has 0 atom stereocenters. The molecule has 0 radical (unpaired) electrons. The molecule has 0 aliphatic heterocycles. The normalized spacial score (nSPS) is 13.0. The Bertz CT molecular complexity index is 1350. The summed E-state index contributed by atoms with van der Waals surface area (Å²) in [6.07, 6.45) is 2.62. The van der Waals surface area contributed by atoms with Gasteiger partial charge in [-0.25, -0.2) is 13.1 Å². The van der Waals surface area contributed by atoms with Crippen LogP contribution in [0.1, 0.15) is 214 Å². The summed E-state index contributed by atoms with van der Waals surface area (Å²) >= 11 is 3.38. The van der Waals surface area contributed by atoms with Gasteiger partial charge in [-0.1, -0.05) is 161 Å². The molecule has 0 rings (SSSR count). The number of nitrogens with one attached hydrogen (secondary N) is 1. The molecule has 0 amide bonds. The second-order valence-corrected chi connectivity index (χ2v) is 34.6. The van der Waals surface area contributed by atoms with Crippen LogP contribution in [0.15, 0.2) is 0 Å². The summed E-state index contributed by atoms with van der Waals surface area (Å²) in [6, 6.07) is 0. The first-order valence-corrected chi connectivity index (χ1v) is 28.3. The number of hydrogen-bond acceptors (Lipinski definition) is 7. The molecule has 0 bridgehead atoms. The summed E-state index contributed by atoms with van der Waals surface area (Å²) in [5, 5.41) is 8.25. The molecule has 0 saturated carbocycles. The lowest BCUT2D eigenvalue weighted by Gasteiger charge is -2.38. The molecule has 0 heterocycles. The first kappa shape index (κ1) is 84.7. The fourth-order valence-electron chi connectivity index (χ4n) is 2.17. The Morgan fingerprint density at radius 1 is 0.631 bits per heavy atom. The summed E-state index contributed by atoms with van der Waals surface area (Å²) in [5.41, 5.74) is 0.395. The number of aliphatic carboxylic acids is 1. The molecule has 0 unspecified atom stereocenters. The Labute approximate surface area is 415 Å². The smallest absolute Gasteiger partial charge is 0.326 e. The summed E-state index contributed by atoms with van der Waals surface area (Å²) in [7, 11) is -2.27. The van der Waals surface area contributed by atoms with Crippen LogP contribution < -0.4 is 4.72 Å². The molecule has 0 aliphatic rings. The van der Waals surface area contributed by atoms with Crippen molar-refractivity contribution < 1.29 is 54.9 Å². The number of hydrogen-bond donors (Lipinski definition) is 5. The molecular weight excluding hydrogens is 956 g/mol. The van der Waals surface area contributed by atoms with E-state index in [1.807, 2.05) is 41.5 Å². The molecule has 0 saturated heterocycles. The van der Waals surface area contributed by atoms with Gasteiger partial charge in [-0.3, -0.25) is 13.9 Å². The monoisotopic (exact) mass is 1070 g/mol. The van der Waals surface area contributed by atoms with Gasteiger partial charge in [-0.05, 0) is 89.4 Å². The number of quaternary nitrogens is 1. The van der Waals surface area contributed by atoms with Gasteiger partial charge in [0.2, 0.25) is 10.0 Å². The van der Waals surface area contributed by atoms with Crippen LogP contribution in [0.3, 0.4) is 0 Å². The highest BCUT2D eigenvalue weighted by atomic mass is 79.9. The number of carbonyl (C=O) groups is 1. The molecule has 406 valence electrons. The van der Waals surface area contributed by atoms with Crippen molar-refractivity contribution >= 4 is 49.6 Å². The molecule has 65 heavy (non-hydrogen) atoms. The van der Waals surface area contributed by atoms with Crippen LogP contribution in [0, 0.1) is 27.1 Å². The number of nitrogens with zero attached hydrogens (tertiary/aromatic N) is 1. The van der Waals surface area contributed by atoms with E-state index in [1.54, 1.807) is 69.4 Å². The van der Waals surface area contributed by atoms with Crippen LogP contribution in [-0.2, 0) is 34.2 Å². The Hall–Kier alpha value is -0.160. The molecule has 0 aliphatic carbocycles. The summed E-state index contributed by atoms with van der Waals surface area (Å²) in [4.78, 5) is 26.9. The van der Waals surface area contributed by atoms with E-state index in [1.165, 1.54) is 6.42 Å². The maximum absolute atomic E-state index is 10.5. The zero-order valence-corrected chi connectivity index (χ0v) is 53.2. The number of methoxy groups -OCH3 is 1. The quantitative estimate of drug-likeness (QED) is 0.0775. The lowest BCUT2D eigenvalue weighted by atomic mass is 9.93. The number of ether oxygens (including phenoxy) is 1. The van der Waals surface area contributed by atoms with E-state index in [0.29, 0.717) is 20.7 Å². The highest BCUT2D eigenvalue weighted by molar-refractivity contribution is 9.10. The topological polar surface area (TPSA) is 205 Å². The number of carboxylic acid groups (broad SMARTS) is 1. The number of rotatable bonds is 4. The van der Waals surface area contributed by atoms with Gasteiger partial charge in [-0.15, -0.1) is 0 Å². The molecule has 17 heteroatoms. The summed E-state index contributed by atoms with van der Waals surface area (Å²) in [5.74, 6) is -0.905. The minimum atomic E-state index is -3.79. The maximum atomic E-state index is 10.5. The molecule has 13 nitrogen and oxygen atoms in total. The van der Waals surface area contributed by atoms with Crippen molar-refractivity contribution in [2.24, 2.45) is 27.1 Å². The minimum absolute atomic E-state index is 0.0417. The van der Waals surface area contributed by atoms with E-state index < -0.39 is 33.7 Å². The SMILES string of the molecule is CC(C)(C)Br.CC(C)(C)C.CC(C)(C)CC(=O)O.CC(C)(C)CP(=O)(O)O.CC(C)(C)CS(=O)(=O)O.CC(C)(C)NS(C)(=O)=O.CC(C)(C)[N+](C)(C)C.CCC(C)(C)C.COC(C)(C)C.